The quantitative estimate of drug-likeness (QED) is 0.791. The first-order valence-corrected chi connectivity index (χ1v) is 9.51. The van der Waals surface area contributed by atoms with Crippen molar-refractivity contribution in [2.75, 3.05) is 36.5 Å². The minimum atomic E-state index is 0.139. The van der Waals surface area contributed by atoms with Crippen LogP contribution in [0.4, 0.5) is 11.4 Å². The summed E-state index contributed by atoms with van der Waals surface area (Å²) < 4.78 is 5.42. The average Bonchev–Trinajstić information content (AvgIpc) is 2.65. The fraction of sp³-hybridized carbons (Fsp3) is 0.381. The van der Waals surface area contributed by atoms with E-state index in [0.717, 1.165) is 32.0 Å². The summed E-state index contributed by atoms with van der Waals surface area (Å²) in [5.41, 5.74) is 6.01. The minimum Gasteiger partial charge on any atom is -0.378 e. The molecule has 0 bridgehead atoms. The van der Waals surface area contributed by atoms with E-state index in [9.17, 15) is 0 Å². The Morgan fingerprint density at radius 3 is 2.38 bits per heavy atom. The van der Waals surface area contributed by atoms with Crippen LogP contribution in [-0.2, 0) is 4.74 Å². The summed E-state index contributed by atoms with van der Waals surface area (Å²) >= 11 is 5.47. The van der Waals surface area contributed by atoms with E-state index < -0.39 is 0 Å². The fourth-order valence-corrected chi connectivity index (χ4v) is 3.36. The number of nitrogens with one attached hydrogen (secondary N) is 2. The molecule has 2 aromatic carbocycles. The monoisotopic (exact) mass is 369 g/mol. The van der Waals surface area contributed by atoms with Crippen LogP contribution in [0.25, 0.3) is 0 Å². The molecule has 0 radical (unpaired) electrons. The molecule has 0 aliphatic carbocycles. The maximum atomic E-state index is 5.47. The zero-order valence-electron chi connectivity index (χ0n) is 15.7. The first kappa shape index (κ1) is 18.7. The molecular weight excluding hydrogens is 342 g/mol. The van der Waals surface area contributed by atoms with Gasteiger partial charge in [-0.2, -0.15) is 0 Å². The lowest BCUT2D eigenvalue weighted by molar-refractivity contribution is 0.122. The largest absolute Gasteiger partial charge is 0.378 e. The summed E-state index contributed by atoms with van der Waals surface area (Å²) in [7, 11) is 0. The maximum Gasteiger partial charge on any atom is 0.171 e. The number of ether oxygens (including phenoxy) is 1. The number of nitrogens with zero attached hydrogens (tertiary/aromatic N) is 1. The van der Waals surface area contributed by atoms with Crippen LogP contribution in [-0.4, -0.2) is 31.4 Å². The van der Waals surface area contributed by atoms with Crippen molar-refractivity contribution < 1.29 is 4.74 Å². The van der Waals surface area contributed by atoms with Crippen molar-refractivity contribution in [2.24, 2.45) is 0 Å². The van der Waals surface area contributed by atoms with Gasteiger partial charge >= 0.3 is 0 Å². The van der Waals surface area contributed by atoms with Gasteiger partial charge in [0.15, 0.2) is 5.11 Å². The lowest BCUT2D eigenvalue weighted by atomic mass is 10.1. The third-order valence-corrected chi connectivity index (χ3v) is 5.10. The highest BCUT2D eigenvalue weighted by molar-refractivity contribution is 7.80. The highest BCUT2D eigenvalue weighted by Crippen LogP contribution is 2.20. The van der Waals surface area contributed by atoms with Gasteiger partial charge in [-0.1, -0.05) is 18.2 Å². The van der Waals surface area contributed by atoms with E-state index in [1.54, 1.807) is 0 Å². The normalized spacial score (nSPS) is 15.4. The van der Waals surface area contributed by atoms with Crippen molar-refractivity contribution in [3.8, 4) is 0 Å². The van der Waals surface area contributed by atoms with Crippen molar-refractivity contribution in [3.05, 3.63) is 59.2 Å². The summed E-state index contributed by atoms with van der Waals surface area (Å²) in [4.78, 5) is 2.36. The van der Waals surface area contributed by atoms with E-state index in [-0.39, 0.29) is 6.04 Å². The van der Waals surface area contributed by atoms with E-state index in [0.29, 0.717) is 5.11 Å². The topological polar surface area (TPSA) is 36.5 Å². The lowest BCUT2D eigenvalue weighted by Gasteiger charge is -2.29. The van der Waals surface area contributed by atoms with Gasteiger partial charge in [0.2, 0.25) is 0 Å². The van der Waals surface area contributed by atoms with Gasteiger partial charge in [-0.3, -0.25) is 0 Å². The summed E-state index contributed by atoms with van der Waals surface area (Å²) in [5.74, 6) is 0. The molecule has 4 nitrogen and oxygen atoms in total. The van der Waals surface area contributed by atoms with Crippen molar-refractivity contribution in [2.45, 2.75) is 26.8 Å². The number of anilines is 2. The zero-order chi connectivity index (χ0) is 18.5. The third-order valence-electron chi connectivity index (χ3n) is 4.88. The Bertz CT molecular complexity index is 754. The van der Waals surface area contributed by atoms with Gasteiger partial charge in [-0.15, -0.1) is 0 Å². The standard InChI is InChI=1S/C21H27N3OS/c1-15-4-7-19(14-16(15)2)23-21(26)22-17(3)18-5-8-20(9-6-18)24-10-12-25-13-11-24/h4-9,14,17H,10-13H2,1-3H3,(H2,22,23,26)/t17-/m0/s1. The molecule has 26 heavy (non-hydrogen) atoms. The van der Waals surface area contributed by atoms with Crippen LogP contribution in [0.2, 0.25) is 0 Å². The average molecular weight is 370 g/mol. The van der Waals surface area contributed by atoms with Gasteiger partial charge < -0.3 is 20.3 Å². The fourth-order valence-electron chi connectivity index (χ4n) is 3.06. The molecule has 138 valence electrons. The molecule has 0 aromatic heterocycles. The second-order valence-electron chi connectivity index (χ2n) is 6.81. The van der Waals surface area contributed by atoms with Crippen LogP contribution in [0.1, 0.15) is 29.7 Å². The minimum absolute atomic E-state index is 0.139. The third kappa shape index (κ3) is 4.74. The molecule has 1 fully saturated rings. The number of benzene rings is 2. The summed E-state index contributed by atoms with van der Waals surface area (Å²) in [6, 6.07) is 15.1. The van der Waals surface area contributed by atoms with E-state index in [2.05, 4.69) is 78.8 Å². The second-order valence-corrected chi connectivity index (χ2v) is 7.22. The maximum absolute atomic E-state index is 5.47. The molecular formula is C21H27N3OS. The van der Waals surface area contributed by atoms with E-state index >= 15 is 0 Å². The summed E-state index contributed by atoms with van der Waals surface area (Å²) in [5, 5.41) is 7.27. The van der Waals surface area contributed by atoms with E-state index in [1.165, 1.54) is 22.4 Å². The molecule has 2 aromatic rings. The van der Waals surface area contributed by atoms with Crippen LogP contribution in [0, 0.1) is 13.8 Å². The number of hydrogen-bond donors (Lipinski definition) is 2. The predicted molar refractivity (Wildman–Crippen MR) is 113 cm³/mol. The van der Waals surface area contributed by atoms with Gasteiger partial charge in [0, 0.05) is 24.5 Å². The van der Waals surface area contributed by atoms with Gasteiger partial charge in [-0.05, 0) is 73.9 Å². The van der Waals surface area contributed by atoms with Crippen molar-refractivity contribution in [1.82, 2.24) is 5.32 Å². The Hall–Kier alpha value is -2.11. The van der Waals surface area contributed by atoms with Gasteiger partial charge in [0.25, 0.3) is 0 Å². The number of aryl methyl sites for hydroxylation is 2. The molecule has 0 amide bonds. The molecule has 5 heteroatoms. The van der Waals surface area contributed by atoms with Crippen LogP contribution < -0.4 is 15.5 Å². The number of morpholine rings is 1. The second kappa shape index (κ2) is 8.52. The SMILES string of the molecule is Cc1ccc(NC(=S)N[C@@H](C)c2ccc(N3CCOCC3)cc2)cc1C. The van der Waals surface area contributed by atoms with Crippen LogP contribution in [0.15, 0.2) is 42.5 Å². The van der Waals surface area contributed by atoms with Crippen LogP contribution in [0.5, 0.6) is 0 Å². The molecule has 1 aliphatic heterocycles. The first-order valence-electron chi connectivity index (χ1n) is 9.10. The Labute approximate surface area is 161 Å². The smallest absolute Gasteiger partial charge is 0.171 e. The van der Waals surface area contributed by atoms with Crippen molar-refractivity contribution in [1.29, 1.82) is 0 Å². The summed E-state index contributed by atoms with van der Waals surface area (Å²) in [6.45, 7) is 9.86. The Morgan fingerprint density at radius 1 is 1.04 bits per heavy atom. The molecule has 1 saturated heterocycles. The zero-order valence-corrected chi connectivity index (χ0v) is 16.5. The van der Waals surface area contributed by atoms with E-state index in [4.69, 9.17) is 17.0 Å². The molecule has 0 unspecified atom stereocenters. The molecule has 1 atom stereocenters. The molecule has 3 rings (SSSR count). The van der Waals surface area contributed by atoms with Gasteiger partial charge in [0.1, 0.15) is 0 Å². The predicted octanol–water partition coefficient (Wildman–Crippen LogP) is 4.19. The highest BCUT2D eigenvalue weighted by Gasteiger charge is 2.12. The Morgan fingerprint density at radius 2 is 1.73 bits per heavy atom. The summed E-state index contributed by atoms with van der Waals surface area (Å²) in [6.07, 6.45) is 0. The lowest BCUT2D eigenvalue weighted by Crippen LogP contribution is -2.36. The van der Waals surface area contributed by atoms with Crippen LogP contribution >= 0.6 is 12.2 Å². The Balaban J connectivity index is 1.57. The van der Waals surface area contributed by atoms with Crippen LogP contribution in [0.3, 0.4) is 0 Å². The number of thiocarbonyl (C=S) groups is 1. The van der Waals surface area contributed by atoms with E-state index in [1.807, 2.05) is 0 Å². The molecule has 1 aliphatic rings. The Kier molecular flexibility index (Phi) is 6.12. The first-order chi connectivity index (χ1) is 12.5. The van der Waals surface area contributed by atoms with Crippen molar-refractivity contribution >= 4 is 28.7 Å². The molecule has 0 spiro atoms. The number of rotatable bonds is 4. The highest BCUT2D eigenvalue weighted by atomic mass is 32.1. The molecule has 0 saturated carbocycles. The number of hydrogen-bond acceptors (Lipinski definition) is 3. The van der Waals surface area contributed by atoms with Gasteiger partial charge in [0.05, 0.1) is 19.3 Å². The van der Waals surface area contributed by atoms with Crippen molar-refractivity contribution in [3.63, 3.8) is 0 Å². The van der Waals surface area contributed by atoms with Gasteiger partial charge in [-0.25, -0.2) is 0 Å². The molecule has 1 heterocycles. The molecule has 2 N–H and O–H groups in total.